The summed E-state index contributed by atoms with van der Waals surface area (Å²) >= 11 is 0. The molecular weight excluding hydrogens is 278 g/mol. The fraction of sp³-hybridized carbons (Fsp3) is 0.769. The smallest absolute Gasteiger partial charge is 0.326 e. The lowest BCUT2D eigenvalue weighted by atomic mass is 10.2. The second kappa shape index (κ2) is 7.82. The molecule has 8 heteroatoms. The van der Waals surface area contributed by atoms with E-state index in [1.165, 1.54) is 0 Å². The van der Waals surface area contributed by atoms with E-state index < -0.39 is 24.1 Å². The fourth-order valence-electron chi connectivity index (χ4n) is 2.38. The molecule has 1 aliphatic rings. The van der Waals surface area contributed by atoms with Gasteiger partial charge >= 0.3 is 12.0 Å². The summed E-state index contributed by atoms with van der Waals surface area (Å²) in [6.45, 7) is 5.12. The van der Waals surface area contributed by atoms with Gasteiger partial charge in [0.05, 0.1) is 6.10 Å². The van der Waals surface area contributed by atoms with E-state index in [1.54, 1.807) is 4.90 Å². The van der Waals surface area contributed by atoms with Crippen LogP contribution in [-0.2, 0) is 9.59 Å². The van der Waals surface area contributed by atoms with Crippen molar-refractivity contribution in [2.24, 2.45) is 0 Å². The molecule has 0 aromatic heterocycles. The highest BCUT2D eigenvalue weighted by Gasteiger charge is 2.38. The van der Waals surface area contributed by atoms with Gasteiger partial charge in [0.1, 0.15) is 6.04 Å². The van der Waals surface area contributed by atoms with E-state index in [0.29, 0.717) is 13.1 Å². The average molecular weight is 301 g/mol. The SMILES string of the molecule is CCN(CC)C(=O)CCNC(=O)N1CC(O)CC1C(=O)O. The van der Waals surface area contributed by atoms with E-state index in [4.69, 9.17) is 5.11 Å². The molecule has 21 heavy (non-hydrogen) atoms. The molecule has 120 valence electrons. The summed E-state index contributed by atoms with van der Waals surface area (Å²) < 4.78 is 0. The van der Waals surface area contributed by atoms with E-state index in [2.05, 4.69) is 5.32 Å². The molecule has 3 amide bonds. The van der Waals surface area contributed by atoms with Gasteiger partial charge in [-0.25, -0.2) is 9.59 Å². The first-order valence-electron chi connectivity index (χ1n) is 7.13. The Balaban J connectivity index is 2.43. The van der Waals surface area contributed by atoms with Crippen LogP contribution in [0.4, 0.5) is 4.79 Å². The summed E-state index contributed by atoms with van der Waals surface area (Å²) in [5, 5.41) is 21.0. The van der Waals surface area contributed by atoms with Gasteiger partial charge in [-0.3, -0.25) is 4.79 Å². The molecule has 0 aliphatic carbocycles. The zero-order valence-corrected chi connectivity index (χ0v) is 12.4. The molecule has 1 rings (SSSR count). The number of carbonyl (C=O) groups is 3. The van der Waals surface area contributed by atoms with E-state index in [1.807, 2.05) is 13.8 Å². The Hall–Kier alpha value is -1.83. The molecule has 2 unspecified atom stereocenters. The number of rotatable bonds is 6. The van der Waals surface area contributed by atoms with Crippen molar-refractivity contribution in [3.63, 3.8) is 0 Å². The minimum atomic E-state index is -1.14. The molecule has 8 nitrogen and oxygen atoms in total. The third-order valence-electron chi connectivity index (χ3n) is 3.56. The van der Waals surface area contributed by atoms with Crippen LogP contribution in [0.25, 0.3) is 0 Å². The predicted molar refractivity (Wildman–Crippen MR) is 74.7 cm³/mol. The quantitative estimate of drug-likeness (QED) is 0.611. The highest BCUT2D eigenvalue weighted by molar-refractivity contribution is 5.84. The Kier molecular flexibility index (Phi) is 6.41. The van der Waals surface area contributed by atoms with Crippen molar-refractivity contribution in [3.8, 4) is 0 Å². The van der Waals surface area contributed by atoms with Crippen LogP contribution in [0.15, 0.2) is 0 Å². The number of urea groups is 1. The molecule has 1 saturated heterocycles. The first-order chi connectivity index (χ1) is 9.90. The van der Waals surface area contributed by atoms with Crippen molar-refractivity contribution in [2.75, 3.05) is 26.2 Å². The van der Waals surface area contributed by atoms with Crippen molar-refractivity contribution >= 4 is 17.9 Å². The van der Waals surface area contributed by atoms with E-state index >= 15 is 0 Å². The maximum Gasteiger partial charge on any atom is 0.326 e. The highest BCUT2D eigenvalue weighted by atomic mass is 16.4. The van der Waals surface area contributed by atoms with Crippen LogP contribution in [0.2, 0.25) is 0 Å². The third-order valence-corrected chi connectivity index (χ3v) is 3.56. The normalized spacial score (nSPS) is 21.2. The molecule has 1 aliphatic heterocycles. The topological polar surface area (TPSA) is 110 Å². The highest BCUT2D eigenvalue weighted by Crippen LogP contribution is 2.17. The lowest BCUT2D eigenvalue weighted by Gasteiger charge is -2.22. The summed E-state index contributed by atoms with van der Waals surface area (Å²) in [5.41, 5.74) is 0. The van der Waals surface area contributed by atoms with Gasteiger partial charge < -0.3 is 25.3 Å². The monoisotopic (exact) mass is 301 g/mol. The standard InChI is InChI=1S/C13H23N3O5/c1-3-15(4-2)11(18)5-6-14-13(21)16-8-9(17)7-10(16)12(19)20/h9-10,17H,3-8H2,1-2H3,(H,14,21)(H,19,20). The predicted octanol–water partition coefficient (Wildman–Crippen LogP) is -0.526. The molecule has 1 fully saturated rings. The Morgan fingerprint density at radius 2 is 1.90 bits per heavy atom. The molecule has 1 heterocycles. The van der Waals surface area contributed by atoms with Crippen LogP contribution in [0, 0.1) is 0 Å². The lowest BCUT2D eigenvalue weighted by molar-refractivity contribution is -0.141. The summed E-state index contributed by atoms with van der Waals surface area (Å²) in [6, 6.07) is -1.58. The van der Waals surface area contributed by atoms with Crippen molar-refractivity contribution in [1.82, 2.24) is 15.1 Å². The maximum atomic E-state index is 11.9. The van der Waals surface area contributed by atoms with Crippen LogP contribution in [0.1, 0.15) is 26.7 Å². The second-order valence-corrected chi connectivity index (χ2v) is 4.94. The molecule has 2 atom stereocenters. The minimum absolute atomic E-state index is 0.00715. The summed E-state index contributed by atoms with van der Waals surface area (Å²) in [4.78, 5) is 37.4. The van der Waals surface area contributed by atoms with Gasteiger partial charge in [-0.1, -0.05) is 0 Å². The molecule has 0 spiro atoms. The molecule has 0 aromatic carbocycles. The largest absolute Gasteiger partial charge is 0.480 e. The Morgan fingerprint density at radius 1 is 1.29 bits per heavy atom. The number of nitrogens with one attached hydrogen (secondary N) is 1. The van der Waals surface area contributed by atoms with E-state index in [-0.39, 0.29) is 31.8 Å². The third kappa shape index (κ3) is 4.59. The number of nitrogens with zero attached hydrogens (tertiary/aromatic N) is 2. The van der Waals surface area contributed by atoms with Gasteiger partial charge in [0, 0.05) is 39.0 Å². The van der Waals surface area contributed by atoms with Gasteiger partial charge in [0.25, 0.3) is 0 Å². The number of hydrogen-bond acceptors (Lipinski definition) is 4. The Bertz CT molecular complexity index is 397. The Labute approximate surface area is 123 Å². The fourth-order valence-corrected chi connectivity index (χ4v) is 2.38. The number of carboxylic acids is 1. The Morgan fingerprint density at radius 3 is 2.43 bits per heavy atom. The number of carbonyl (C=O) groups excluding carboxylic acids is 2. The molecule has 0 saturated carbocycles. The molecule has 3 N–H and O–H groups in total. The van der Waals surface area contributed by atoms with Crippen molar-refractivity contribution in [3.05, 3.63) is 0 Å². The number of aliphatic hydroxyl groups is 1. The van der Waals surface area contributed by atoms with Crippen LogP contribution in [-0.4, -0.2) is 76.2 Å². The van der Waals surface area contributed by atoms with Crippen LogP contribution >= 0.6 is 0 Å². The first kappa shape index (κ1) is 17.2. The van der Waals surface area contributed by atoms with E-state index in [9.17, 15) is 19.5 Å². The lowest BCUT2D eigenvalue weighted by Crippen LogP contribution is -2.47. The molecule has 0 bridgehead atoms. The molecule has 0 aromatic rings. The van der Waals surface area contributed by atoms with E-state index in [0.717, 1.165) is 4.90 Å². The minimum Gasteiger partial charge on any atom is -0.480 e. The van der Waals surface area contributed by atoms with Crippen LogP contribution in [0.3, 0.4) is 0 Å². The van der Waals surface area contributed by atoms with Gasteiger partial charge in [-0.2, -0.15) is 0 Å². The number of carboxylic acid groups (broad SMARTS) is 1. The van der Waals surface area contributed by atoms with Gasteiger partial charge in [-0.05, 0) is 13.8 Å². The summed E-state index contributed by atoms with van der Waals surface area (Å²) in [7, 11) is 0. The van der Waals surface area contributed by atoms with Gasteiger partial charge in [0.15, 0.2) is 0 Å². The maximum absolute atomic E-state index is 11.9. The average Bonchev–Trinajstić information content (AvgIpc) is 2.82. The van der Waals surface area contributed by atoms with Crippen molar-refractivity contribution in [1.29, 1.82) is 0 Å². The van der Waals surface area contributed by atoms with Gasteiger partial charge in [0.2, 0.25) is 5.91 Å². The van der Waals surface area contributed by atoms with Crippen LogP contribution in [0.5, 0.6) is 0 Å². The van der Waals surface area contributed by atoms with Gasteiger partial charge in [-0.15, -0.1) is 0 Å². The zero-order chi connectivity index (χ0) is 16.0. The summed E-state index contributed by atoms with van der Waals surface area (Å²) in [5.74, 6) is -1.20. The number of β-amino-alcohol motifs (C(OH)–C–C–N with tert-alkyl or cyclic N) is 1. The number of likely N-dealkylation sites (tertiary alicyclic amines) is 1. The van der Waals surface area contributed by atoms with Crippen molar-refractivity contribution < 1.29 is 24.6 Å². The molecular formula is C13H23N3O5. The van der Waals surface area contributed by atoms with Crippen LogP contribution < -0.4 is 5.32 Å². The number of aliphatic hydroxyl groups excluding tert-OH is 1. The second-order valence-electron chi connectivity index (χ2n) is 4.94. The number of hydrogen-bond donors (Lipinski definition) is 3. The zero-order valence-electron chi connectivity index (χ0n) is 12.4. The number of amides is 3. The van der Waals surface area contributed by atoms with Crippen molar-refractivity contribution in [2.45, 2.75) is 38.8 Å². The first-order valence-corrected chi connectivity index (χ1v) is 7.13. The molecule has 0 radical (unpaired) electrons. The number of aliphatic carboxylic acids is 1. The summed E-state index contributed by atoms with van der Waals surface area (Å²) in [6.07, 6.45) is -0.628.